The lowest BCUT2D eigenvalue weighted by molar-refractivity contribution is -0.138. The first kappa shape index (κ1) is 27.6. The summed E-state index contributed by atoms with van der Waals surface area (Å²) in [7, 11) is 0. The molecule has 1 unspecified atom stereocenters. The predicted molar refractivity (Wildman–Crippen MR) is 136 cm³/mol. The number of carbonyl (C=O) groups is 4. The molecule has 2 aromatic carbocycles. The Hall–Kier alpha value is -3.93. The molecule has 9 nitrogen and oxygen atoms in total. The van der Waals surface area contributed by atoms with E-state index in [2.05, 4.69) is 10.6 Å². The molecule has 3 heterocycles. The van der Waals surface area contributed by atoms with Gasteiger partial charge in [-0.15, -0.1) is 0 Å². The van der Waals surface area contributed by atoms with E-state index < -0.39 is 23.7 Å². The van der Waals surface area contributed by atoms with E-state index in [4.69, 9.17) is 4.74 Å². The zero-order chi connectivity index (χ0) is 28.4. The van der Waals surface area contributed by atoms with Crippen molar-refractivity contribution < 1.29 is 37.1 Å². The van der Waals surface area contributed by atoms with Gasteiger partial charge in [0, 0.05) is 30.6 Å². The number of likely N-dealkylation sites (tertiary alicyclic amines) is 1. The molecular weight excluding hydrogens is 529 g/mol. The highest BCUT2D eigenvalue weighted by molar-refractivity contribution is 6.05. The molecule has 3 aliphatic rings. The predicted octanol–water partition coefficient (Wildman–Crippen LogP) is 2.63. The molecule has 40 heavy (non-hydrogen) atoms. The number of amides is 4. The number of alkyl halides is 3. The number of carbonyl (C=O) groups excluding carboxylic acids is 4. The van der Waals surface area contributed by atoms with E-state index in [1.807, 2.05) is 4.90 Å². The van der Waals surface area contributed by atoms with Crippen molar-refractivity contribution in [2.45, 2.75) is 57.0 Å². The standard InChI is InChI=1S/C28H29F3N4O5/c29-28(30,31)18-8-6-17(7-9-18)15-32-25(37)21-4-2-12-34(21)13-14-40-23-5-1-3-19-20(23)16-35(27(19)39)22-10-11-24(36)33-26(22)38/h1,3,5-9,21-22H,2,4,10-16H2,(H,32,37)(H,33,36,38)/t21-,22?/m1/s1. The fourth-order valence-electron chi connectivity index (χ4n) is 5.47. The Bertz CT molecular complexity index is 1310. The van der Waals surface area contributed by atoms with E-state index in [9.17, 15) is 32.3 Å². The van der Waals surface area contributed by atoms with Crippen molar-refractivity contribution in [3.8, 4) is 5.75 Å². The minimum atomic E-state index is -4.41. The van der Waals surface area contributed by atoms with Gasteiger partial charge in [0.25, 0.3) is 5.91 Å². The number of halogens is 3. The molecule has 3 aliphatic heterocycles. The van der Waals surface area contributed by atoms with Gasteiger partial charge in [0.05, 0.1) is 18.2 Å². The number of imide groups is 1. The Morgan fingerprint density at radius 1 is 1.07 bits per heavy atom. The molecule has 2 saturated heterocycles. The number of hydrogen-bond donors (Lipinski definition) is 2. The number of rotatable bonds is 8. The van der Waals surface area contributed by atoms with Gasteiger partial charge in [-0.3, -0.25) is 29.4 Å². The van der Waals surface area contributed by atoms with Crippen molar-refractivity contribution in [1.82, 2.24) is 20.4 Å². The highest BCUT2D eigenvalue weighted by Crippen LogP contribution is 2.34. The fourth-order valence-corrected chi connectivity index (χ4v) is 5.47. The third-order valence-corrected chi connectivity index (χ3v) is 7.59. The van der Waals surface area contributed by atoms with Crippen molar-refractivity contribution in [2.75, 3.05) is 19.7 Å². The first-order valence-electron chi connectivity index (χ1n) is 13.2. The number of ether oxygens (including phenoxy) is 1. The van der Waals surface area contributed by atoms with Gasteiger partial charge in [0.1, 0.15) is 18.4 Å². The summed E-state index contributed by atoms with van der Waals surface area (Å²) in [6.45, 7) is 1.77. The van der Waals surface area contributed by atoms with Gasteiger partial charge in [-0.1, -0.05) is 18.2 Å². The van der Waals surface area contributed by atoms with Crippen LogP contribution in [0.4, 0.5) is 13.2 Å². The fraction of sp³-hybridized carbons (Fsp3) is 0.429. The minimum absolute atomic E-state index is 0.131. The SMILES string of the molecule is O=C1CCC(N2Cc3c(OCCN4CCC[C@@H]4C(=O)NCc4ccc(C(F)(F)F)cc4)cccc3C2=O)C(=O)N1. The molecule has 2 aromatic rings. The normalized spacial score (nSPS) is 21.4. The van der Waals surface area contributed by atoms with Crippen molar-refractivity contribution in [1.29, 1.82) is 0 Å². The maximum Gasteiger partial charge on any atom is 0.416 e. The zero-order valence-corrected chi connectivity index (χ0v) is 21.6. The van der Waals surface area contributed by atoms with Crippen molar-refractivity contribution in [3.63, 3.8) is 0 Å². The van der Waals surface area contributed by atoms with Crippen LogP contribution < -0.4 is 15.4 Å². The lowest BCUT2D eigenvalue weighted by Crippen LogP contribution is -2.52. The number of nitrogens with one attached hydrogen (secondary N) is 2. The summed E-state index contributed by atoms with van der Waals surface area (Å²) in [5.74, 6) is -0.759. The highest BCUT2D eigenvalue weighted by Gasteiger charge is 2.40. The van der Waals surface area contributed by atoms with Crippen LogP contribution in [0.3, 0.4) is 0 Å². The Morgan fingerprint density at radius 3 is 2.58 bits per heavy atom. The van der Waals surface area contributed by atoms with Crippen LogP contribution in [-0.4, -0.2) is 65.2 Å². The molecule has 0 bridgehead atoms. The lowest BCUT2D eigenvalue weighted by Gasteiger charge is -2.29. The second-order valence-electron chi connectivity index (χ2n) is 10.1. The van der Waals surface area contributed by atoms with E-state index in [1.165, 1.54) is 17.0 Å². The lowest BCUT2D eigenvalue weighted by atomic mass is 10.0. The Morgan fingerprint density at radius 2 is 1.85 bits per heavy atom. The summed E-state index contributed by atoms with van der Waals surface area (Å²) in [5.41, 5.74) is 0.989. The summed E-state index contributed by atoms with van der Waals surface area (Å²) in [4.78, 5) is 53.1. The second kappa shape index (κ2) is 11.3. The van der Waals surface area contributed by atoms with Gasteiger partial charge in [-0.25, -0.2) is 0 Å². The smallest absolute Gasteiger partial charge is 0.416 e. The topological polar surface area (TPSA) is 108 Å². The monoisotopic (exact) mass is 558 g/mol. The van der Waals surface area contributed by atoms with Gasteiger partial charge in [0.2, 0.25) is 17.7 Å². The van der Waals surface area contributed by atoms with Crippen LogP contribution >= 0.6 is 0 Å². The maximum absolute atomic E-state index is 13.0. The second-order valence-corrected chi connectivity index (χ2v) is 10.1. The summed E-state index contributed by atoms with van der Waals surface area (Å²) in [6, 6.07) is 8.79. The number of fused-ring (bicyclic) bond motifs is 1. The molecule has 0 saturated carbocycles. The Balaban J connectivity index is 1.14. The van der Waals surface area contributed by atoms with Crippen LogP contribution in [0.2, 0.25) is 0 Å². The summed E-state index contributed by atoms with van der Waals surface area (Å²) < 4.78 is 44.3. The van der Waals surface area contributed by atoms with Crippen LogP contribution in [0, 0.1) is 0 Å². The molecule has 4 amide bonds. The van der Waals surface area contributed by atoms with E-state index >= 15 is 0 Å². The quantitative estimate of drug-likeness (QED) is 0.483. The maximum atomic E-state index is 13.0. The van der Waals surface area contributed by atoms with Crippen LogP contribution in [0.25, 0.3) is 0 Å². The van der Waals surface area contributed by atoms with Crippen LogP contribution in [0.5, 0.6) is 5.75 Å². The molecule has 2 N–H and O–H groups in total. The molecule has 0 radical (unpaired) electrons. The number of hydrogen-bond acceptors (Lipinski definition) is 6. The molecule has 5 rings (SSSR count). The van der Waals surface area contributed by atoms with Gasteiger partial charge >= 0.3 is 6.18 Å². The Labute approximate surface area is 228 Å². The summed E-state index contributed by atoms with van der Waals surface area (Å²) in [5, 5.41) is 5.11. The van der Waals surface area contributed by atoms with Gasteiger partial charge in [0.15, 0.2) is 0 Å². The number of benzene rings is 2. The zero-order valence-electron chi connectivity index (χ0n) is 21.6. The molecule has 2 atom stereocenters. The first-order valence-corrected chi connectivity index (χ1v) is 13.2. The summed E-state index contributed by atoms with van der Waals surface area (Å²) in [6.07, 6.45) is -2.47. The van der Waals surface area contributed by atoms with Crippen molar-refractivity contribution in [2.24, 2.45) is 0 Å². The minimum Gasteiger partial charge on any atom is -0.492 e. The molecule has 212 valence electrons. The average Bonchev–Trinajstić information content (AvgIpc) is 3.52. The van der Waals surface area contributed by atoms with E-state index in [0.29, 0.717) is 42.0 Å². The van der Waals surface area contributed by atoms with Crippen molar-refractivity contribution >= 4 is 23.6 Å². The van der Waals surface area contributed by atoms with E-state index in [-0.39, 0.29) is 56.3 Å². The third kappa shape index (κ3) is 5.81. The van der Waals surface area contributed by atoms with Gasteiger partial charge in [-0.05, 0) is 55.6 Å². The first-order chi connectivity index (χ1) is 19.1. The molecule has 2 fully saturated rings. The van der Waals surface area contributed by atoms with E-state index in [0.717, 1.165) is 18.6 Å². The summed E-state index contributed by atoms with van der Waals surface area (Å²) >= 11 is 0. The molecule has 0 aromatic heterocycles. The van der Waals surface area contributed by atoms with Crippen molar-refractivity contribution in [3.05, 3.63) is 64.7 Å². The van der Waals surface area contributed by atoms with E-state index in [1.54, 1.807) is 18.2 Å². The number of nitrogens with zero attached hydrogens (tertiary/aromatic N) is 2. The van der Waals surface area contributed by atoms with Crippen LogP contribution in [0.15, 0.2) is 42.5 Å². The highest BCUT2D eigenvalue weighted by atomic mass is 19.4. The molecule has 0 aliphatic carbocycles. The average molecular weight is 559 g/mol. The van der Waals surface area contributed by atoms with Crippen LogP contribution in [-0.2, 0) is 33.6 Å². The number of piperidine rings is 1. The molecular formula is C28H29F3N4O5. The molecule has 12 heteroatoms. The molecule has 0 spiro atoms. The Kier molecular flexibility index (Phi) is 7.79. The largest absolute Gasteiger partial charge is 0.492 e. The third-order valence-electron chi connectivity index (χ3n) is 7.59. The van der Waals surface area contributed by atoms with Gasteiger partial charge in [-0.2, -0.15) is 13.2 Å². The van der Waals surface area contributed by atoms with Crippen LogP contribution in [0.1, 0.15) is 52.7 Å². The van der Waals surface area contributed by atoms with Gasteiger partial charge < -0.3 is 15.0 Å².